The molecule has 2 aromatic rings. The number of piperazine rings is 1. The lowest BCUT2D eigenvalue weighted by molar-refractivity contribution is 0.0629. The minimum Gasteiger partial charge on any atom is -0.336 e. The van der Waals surface area contributed by atoms with Gasteiger partial charge >= 0.3 is 0 Å². The molecule has 0 spiro atoms. The van der Waals surface area contributed by atoms with E-state index in [1.165, 1.54) is 0 Å². The summed E-state index contributed by atoms with van der Waals surface area (Å²) in [5, 5.41) is 0. The van der Waals surface area contributed by atoms with Crippen molar-refractivity contribution >= 4 is 11.8 Å². The van der Waals surface area contributed by atoms with Crippen LogP contribution in [0.4, 0.5) is 0 Å². The largest absolute Gasteiger partial charge is 0.336 e. The minimum atomic E-state index is -0.0626. The van der Waals surface area contributed by atoms with E-state index < -0.39 is 0 Å². The third-order valence-corrected chi connectivity index (χ3v) is 5.54. The first-order chi connectivity index (χ1) is 13.7. The second kappa shape index (κ2) is 8.10. The Morgan fingerprint density at radius 3 is 2.64 bits per heavy atom. The van der Waals surface area contributed by atoms with Gasteiger partial charge in [0.2, 0.25) is 0 Å². The van der Waals surface area contributed by atoms with Gasteiger partial charge in [-0.15, -0.1) is 0 Å². The fourth-order valence-corrected chi connectivity index (χ4v) is 4.10. The van der Waals surface area contributed by atoms with Gasteiger partial charge in [-0.25, -0.2) is 0 Å². The van der Waals surface area contributed by atoms with E-state index in [2.05, 4.69) is 16.8 Å². The van der Waals surface area contributed by atoms with Crippen LogP contribution >= 0.6 is 0 Å². The van der Waals surface area contributed by atoms with Crippen LogP contribution in [-0.4, -0.2) is 64.2 Å². The van der Waals surface area contributed by atoms with Gasteiger partial charge in [-0.3, -0.25) is 19.5 Å². The summed E-state index contributed by atoms with van der Waals surface area (Å²) in [6, 6.07) is 9.47. The zero-order valence-corrected chi connectivity index (χ0v) is 16.3. The monoisotopic (exact) mass is 378 g/mol. The number of fused-ring (bicyclic) bond motifs is 1. The van der Waals surface area contributed by atoms with Gasteiger partial charge in [-0.05, 0) is 36.2 Å². The second-order valence-corrected chi connectivity index (χ2v) is 7.50. The highest BCUT2D eigenvalue weighted by atomic mass is 16.2. The average molecular weight is 378 g/mol. The summed E-state index contributed by atoms with van der Waals surface area (Å²) in [7, 11) is 0. The zero-order valence-electron chi connectivity index (χ0n) is 16.3. The first-order valence-corrected chi connectivity index (χ1v) is 9.99. The molecule has 146 valence electrons. The average Bonchev–Trinajstić information content (AvgIpc) is 3.05. The van der Waals surface area contributed by atoms with Crippen molar-refractivity contribution in [3.63, 3.8) is 0 Å². The third kappa shape index (κ3) is 3.64. The molecule has 6 nitrogen and oxygen atoms in total. The fourth-order valence-electron chi connectivity index (χ4n) is 4.10. The number of hydrogen-bond donors (Lipinski definition) is 0. The Kier molecular flexibility index (Phi) is 5.39. The van der Waals surface area contributed by atoms with Crippen LogP contribution in [0, 0.1) is 0 Å². The molecule has 0 radical (unpaired) electrons. The predicted molar refractivity (Wildman–Crippen MR) is 107 cm³/mol. The standard InChI is InChI=1S/C22H26N4O2/c1-2-9-24-10-12-25(13-11-24)21(27)19-7-3-6-18-16-26(22(28)20(18)19)15-17-5-4-8-23-14-17/h3-8,14H,2,9-13,15-16H2,1H3. The summed E-state index contributed by atoms with van der Waals surface area (Å²) in [6.07, 6.45) is 4.63. The predicted octanol–water partition coefficient (Wildman–Crippen LogP) is 2.41. The number of amides is 2. The molecule has 2 aliphatic heterocycles. The van der Waals surface area contributed by atoms with Gasteiger partial charge in [-0.2, -0.15) is 0 Å². The molecule has 28 heavy (non-hydrogen) atoms. The first-order valence-electron chi connectivity index (χ1n) is 9.99. The Labute approximate surface area is 165 Å². The molecule has 0 aliphatic carbocycles. The number of carbonyl (C=O) groups excluding carboxylic acids is 2. The van der Waals surface area contributed by atoms with Crippen LogP contribution in [0.1, 0.15) is 45.2 Å². The summed E-state index contributed by atoms with van der Waals surface area (Å²) in [6.45, 7) is 7.52. The normalized spacial score (nSPS) is 17.1. The van der Waals surface area contributed by atoms with E-state index in [0.717, 1.165) is 50.3 Å². The lowest BCUT2D eigenvalue weighted by atomic mass is 10.0. The Bertz CT molecular complexity index is 860. The topological polar surface area (TPSA) is 56.8 Å². The Balaban J connectivity index is 1.51. The van der Waals surface area contributed by atoms with Gasteiger partial charge in [-0.1, -0.05) is 25.1 Å². The summed E-state index contributed by atoms with van der Waals surface area (Å²) in [5.41, 5.74) is 3.04. The maximum atomic E-state index is 13.2. The van der Waals surface area contributed by atoms with Crippen LogP contribution in [0.15, 0.2) is 42.7 Å². The van der Waals surface area contributed by atoms with E-state index in [4.69, 9.17) is 0 Å². The second-order valence-electron chi connectivity index (χ2n) is 7.50. The highest BCUT2D eigenvalue weighted by molar-refractivity contribution is 6.09. The number of rotatable bonds is 5. The van der Waals surface area contributed by atoms with Crippen molar-refractivity contribution in [3.05, 3.63) is 65.0 Å². The van der Waals surface area contributed by atoms with Crippen LogP contribution < -0.4 is 0 Å². The molecule has 0 saturated carbocycles. The van der Waals surface area contributed by atoms with Gasteiger partial charge in [0.15, 0.2) is 0 Å². The maximum Gasteiger partial charge on any atom is 0.255 e. The van der Waals surface area contributed by atoms with E-state index in [1.54, 1.807) is 23.4 Å². The number of aromatic nitrogens is 1. The third-order valence-electron chi connectivity index (χ3n) is 5.54. The van der Waals surface area contributed by atoms with Crippen LogP contribution in [-0.2, 0) is 13.1 Å². The number of benzene rings is 1. The summed E-state index contributed by atoms with van der Waals surface area (Å²) in [5.74, 6) is -0.0861. The van der Waals surface area contributed by atoms with Crippen molar-refractivity contribution in [2.24, 2.45) is 0 Å². The number of nitrogens with zero attached hydrogens (tertiary/aromatic N) is 4. The van der Waals surface area contributed by atoms with Crippen molar-refractivity contribution in [3.8, 4) is 0 Å². The lowest BCUT2D eigenvalue weighted by Crippen LogP contribution is -2.49. The maximum absolute atomic E-state index is 13.2. The van der Waals surface area contributed by atoms with E-state index in [9.17, 15) is 9.59 Å². The van der Waals surface area contributed by atoms with Crippen LogP contribution in [0.2, 0.25) is 0 Å². The van der Waals surface area contributed by atoms with Crippen molar-refractivity contribution in [1.82, 2.24) is 19.7 Å². The molecular weight excluding hydrogens is 352 g/mol. The van der Waals surface area contributed by atoms with Crippen LogP contribution in [0.3, 0.4) is 0 Å². The molecule has 0 atom stereocenters. The molecule has 2 amide bonds. The molecular formula is C22H26N4O2. The molecule has 4 rings (SSSR count). The van der Waals surface area contributed by atoms with Crippen molar-refractivity contribution in [2.75, 3.05) is 32.7 Å². The number of hydrogen-bond acceptors (Lipinski definition) is 4. The SMILES string of the molecule is CCCN1CCN(C(=O)c2cccc3c2C(=O)N(Cc2cccnc2)C3)CC1. The Hall–Kier alpha value is -2.73. The Morgan fingerprint density at radius 1 is 1.11 bits per heavy atom. The van der Waals surface area contributed by atoms with E-state index in [-0.39, 0.29) is 11.8 Å². The number of pyridine rings is 1. The highest BCUT2D eigenvalue weighted by Gasteiger charge is 2.33. The van der Waals surface area contributed by atoms with E-state index in [1.807, 2.05) is 29.2 Å². The van der Waals surface area contributed by atoms with Gasteiger partial charge in [0.1, 0.15) is 0 Å². The quantitative estimate of drug-likeness (QED) is 0.802. The molecule has 0 bridgehead atoms. The minimum absolute atomic E-state index is 0.0235. The zero-order chi connectivity index (χ0) is 19.5. The van der Waals surface area contributed by atoms with E-state index in [0.29, 0.717) is 24.2 Å². The molecule has 6 heteroatoms. The summed E-state index contributed by atoms with van der Waals surface area (Å²) >= 11 is 0. The van der Waals surface area contributed by atoms with Crippen molar-refractivity contribution < 1.29 is 9.59 Å². The molecule has 1 saturated heterocycles. The first kappa shape index (κ1) is 18.6. The molecule has 0 unspecified atom stereocenters. The lowest BCUT2D eigenvalue weighted by Gasteiger charge is -2.34. The van der Waals surface area contributed by atoms with Crippen LogP contribution in [0.25, 0.3) is 0 Å². The molecule has 0 N–H and O–H groups in total. The summed E-state index contributed by atoms with van der Waals surface area (Å²) < 4.78 is 0. The number of carbonyl (C=O) groups is 2. The smallest absolute Gasteiger partial charge is 0.255 e. The molecule has 1 aromatic carbocycles. The molecule has 1 aromatic heterocycles. The Morgan fingerprint density at radius 2 is 1.93 bits per heavy atom. The van der Waals surface area contributed by atoms with E-state index >= 15 is 0 Å². The summed E-state index contributed by atoms with van der Waals surface area (Å²) in [4.78, 5) is 36.4. The molecule has 3 heterocycles. The van der Waals surface area contributed by atoms with Crippen molar-refractivity contribution in [1.29, 1.82) is 0 Å². The molecule has 1 fully saturated rings. The van der Waals surface area contributed by atoms with Crippen LogP contribution in [0.5, 0.6) is 0 Å². The van der Waals surface area contributed by atoms with Gasteiger partial charge < -0.3 is 9.80 Å². The highest BCUT2D eigenvalue weighted by Crippen LogP contribution is 2.28. The van der Waals surface area contributed by atoms with Gasteiger partial charge in [0.25, 0.3) is 11.8 Å². The van der Waals surface area contributed by atoms with Gasteiger partial charge in [0, 0.05) is 51.7 Å². The fraction of sp³-hybridized carbons (Fsp3) is 0.409. The van der Waals surface area contributed by atoms with Gasteiger partial charge in [0.05, 0.1) is 11.1 Å². The molecule has 2 aliphatic rings. The van der Waals surface area contributed by atoms with Crippen molar-refractivity contribution in [2.45, 2.75) is 26.4 Å².